The molecule has 3 heteroatoms. The maximum atomic E-state index is 5.02. The fraction of sp³-hybridized carbons (Fsp3) is 0.200. The SMILES string of the molecule is CC(=S)Cc1nc2ccccc2[nH]1. The number of hydrogen-bond donors (Lipinski definition) is 1. The molecule has 0 radical (unpaired) electrons. The number of rotatable bonds is 2. The summed E-state index contributed by atoms with van der Waals surface area (Å²) in [6, 6.07) is 7.99. The summed E-state index contributed by atoms with van der Waals surface area (Å²) in [5.74, 6) is 0.953. The van der Waals surface area contributed by atoms with Crippen molar-refractivity contribution < 1.29 is 0 Å². The summed E-state index contributed by atoms with van der Waals surface area (Å²) < 4.78 is 0. The van der Waals surface area contributed by atoms with Crippen molar-refractivity contribution in [3.8, 4) is 0 Å². The first kappa shape index (κ1) is 8.38. The van der Waals surface area contributed by atoms with Crippen LogP contribution in [0.2, 0.25) is 0 Å². The Hall–Kier alpha value is -1.22. The summed E-state index contributed by atoms with van der Waals surface area (Å²) in [6.07, 6.45) is 0.754. The molecule has 0 amide bonds. The number of imidazole rings is 1. The molecule has 0 atom stereocenters. The van der Waals surface area contributed by atoms with Crippen LogP contribution in [-0.2, 0) is 6.42 Å². The zero-order chi connectivity index (χ0) is 9.26. The Morgan fingerprint density at radius 2 is 2.23 bits per heavy atom. The van der Waals surface area contributed by atoms with E-state index in [1.54, 1.807) is 0 Å². The van der Waals surface area contributed by atoms with E-state index in [0.29, 0.717) is 0 Å². The van der Waals surface area contributed by atoms with Gasteiger partial charge in [0.2, 0.25) is 0 Å². The van der Waals surface area contributed by atoms with E-state index in [2.05, 4.69) is 9.97 Å². The number of aromatic nitrogens is 2. The maximum absolute atomic E-state index is 5.02. The molecule has 1 aromatic carbocycles. The molecule has 0 spiro atoms. The third-order valence-corrected chi connectivity index (χ3v) is 2.00. The molecule has 2 rings (SSSR count). The topological polar surface area (TPSA) is 28.7 Å². The van der Waals surface area contributed by atoms with Crippen LogP contribution in [0.25, 0.3) is 11.0 Å². The standard InChI is InChI=1S/C10H10N2S/c1-7(13)6-10-11-8-4-2-3-5-9(8)12-10/h2-5H,6H2,1H3,(H,11,12). The van der Waals surface area contributed by atoms with Crippen LogP contribution in [0.4, 0.5) is 0 Å². The number of nitrogens with zero attached hydrogens (tertiary/aromatic N) is 1. The molecule has 0 aliphatic carbocycles. The summed E-state index contributed by atoms with van der Waals surface area (Å²) in [4.78, 5) is 8.60. The number of fused-ring (bicyclic) bond motifs is 1. The van der Waals surface area contributed by atoms with Gasteiger partial charge in [0.25, 0.3) is 0 Å². The van der Waals surface area contributed by atoms with Crippen LogP contribution in [0.1, 0.15) is 12.7 Å². The molecule has 0 bridgehead atoms. The summed E-state index contributed by atoms with van der Waals surface area (Å²) in [6.45, 7) is 1.93. The van der Waals surface area contributed by atoms with Gasteiger partial charge in [0.05, 0.1) is 11.0 Å². The van der Waals surface area contributed by atoms with Gasteiger partial charge in [-0.15, -0.1) is 0 Å². The highest BCUT2D eigenvalue weighted by atomic mass is 32.1. The average molecular weight is 190 g/mol. The van der Waals surface area contributed by atoms with E-state index in [1.807, 2.05) is 31.2 Å². The molecule has 0 saturated heterocycles. The van der Waals surface area contributed by atoms with Crippen molar-refractivity contribution >= 4 is 28.1 Å². The van der Waals surface area contributed by atoms with Crippen molar-refractivity contribution in [1.29, 1.82) is 0 Å². The molecular weight excluding hydrogens is 180 g/mol. The van der Waals surface area contributed by atoms with E-state index in [9.17, 15) is 0 Å². The third kappa shape index (κ3) is 1.75. The van der Waals surface area contributed by atoms with Crippen molar-refractivity contribution in [1.82, 2.24) is 9.97 Å². The molecule has 1 N–H and O–H groups in total. The molecule has 0 fully saturated rings. The number of thiocarbonyl (C=S) groups is 1. The minimum Gasteiger partial charge on any atom is -0.342 e. The summed E-state index contributed by atoms with van der Waals surface area (Å²) in [7, 11) is 0. The first-order chi connectivity index (χ1) is 6.25. The van der Waals surface area contributed by atoms with E-state index in [4.69, 9.17) is 12.2 Å². The van der Waals surface area contributed by atoms with E-state index in [1.165, 1.54) is 0 Å². The molecule has 1 aromatic heterocycles. The Morgan fingerprint density at radius 3 is 2.92 bits per heavy atom. The summed E-state index contributed by atoms with van der Waals surface area (Å²) in [5, 5.41) is 0. The van der Waals surface area contributed by atoms with Crippen LogP contribution in [0.3, 0.4) is 0 Å². The zero-order valence-electron chi connectivity index (χ0n) is 7.37. The predicted octanol–water partition coefficient (Wildman–Crippen LogP) is 2.50. The van der Waals surface area contributed by atoms with Gasteiger partial charge < -0.3 is 4.98 Å². The molecule has 66 valence electrons. The fourth-order valence-corrected chi connectivity index (χ4v) is 1.46. The zero-order valence-corrected chi connectivity index (χ0v) is 8.19. The number of hydrogen-bond acceptors (Lipinski definition) is 2. The first-order valence-electron chi connectivity index (χ1n) is 4.19. The van der Waals surface area contributed by atoms with Crippen molar-refractivity contribution in [2.45, 2.75) is 13.3 Å². The molecule has 2 aromatic rings. The lowest BCUT2D eigenvalue weighted by Gasteiger charge is -1.89. The van der Waals surface area contributed by atoms with Crippen LogP contribution in [0.15, 0.2) is 24.3 Å². The summed E-state index contributed by atoms with van der Waals surface area (Å²) >= 11 is 5.02. The van der Waals surface area contributed by atoms with Gasteiger partial charge in [0.15, 0.2) is 0 Å². The van der Waals surface area contributed by atoms with Crippen molar-refractivity contribution in [3.05, 3.63) is 30.1 Å². The first-order valence-corrected chi connectivity index (χ1v) is 4.59. The molecule has 13 heavy (non-hydrogen) atoms. The van der Waals surface area contributed by atoms with Crippen molar-refractivity contribution in [3.63, 3.8) is 0 Å². The van der Waals surface area contributed by atoms with Crippen LogP contribution < -0.4 is 0 Å². The second-order valence-corrected chi connectivity index (χ2v) is 3.78. The molecule has 2 nitrogen and oxygen atoms in total. The molecule has 1 heterocycles. The Morgan fingerprint density at radius 1 is 1.46 bits per heavy atom. The Bertz CT molecular complexity index is 412. The lowest BCUT2D eigenvalue weighted by atomic mass is 10.3. The minimum atomic E-state index is 0.754. The number of aromatic amines is 1. The normalized spacial score (nSPS) is 10.5. The number of nitrogens with one attached hydrogen (secondary N) is 1. The van der Waals surface area contributed by atoms with Crippen LogP contribution in [0, 0.1) is 0 Å². The van der Waals surface area contributed by atoms with Crippen LogP contribution in [0.5, 0.6) is 0 Å². The van der Waals surface area contributed by atoms with Gasteiger partial charge in [0, 0.05) is 6.42 Å². The Kier molecular flexibility index (Phi) is 2.10. The summed E-state index contributed by atoms with van der Waals surface area (Å²) in [5.41, 5.74) is 2.09. The Labute approximate surface area is 82.0 Å². The molecule has 0 aliphatic heterocycles. The van der Waals surface area contributed by atoms with E-state index >= 15 is 0 Å². The van der Waals surface area contributed by atoms with Crippen LogP contribution >= 0.6 is 12.2 Å². The van der Waals surface area contributed by atoms with Gasteiger partial charge in [-0.3, -0.25) is 0 Å². The van der Waals surface area contributed by atoms with Crippen molar-refractivity contribution in [2.75, 3.05) is 0 Å². The highest BCUT2D eigenvalue weighted by Crippen LogP contribution is 2.10. The van der Waals surface area contributed by atoms with Gasteiger partial charge >= 0.3 is 0 Å². The predicted molar refractivity (Wildman–Crippen MR) is 58.1 cm³/mol. The van der Waals surface area contributed by atoms with Crippen LogP contribution in [-0.4, -0.2) is 14.8 Å². The highest BCUT2D eigenvalue weighted by Gasteiger charge is 2.01. The second kappa shape index (κ2) is 3.26. The van der Waals surface area contributed by atoms with Gasteiger partial charge in [0.1, 0.15) is 5.82 Å². The Balaban J connectivity index is 2.44. The lowest BCUT2D eigenvalue weighted by molar-refractivity contribution is 1.11. The van der Waals surface area contributed by atoms with E-state index < -0.39 is 0 Å². The molecular formula is C10H10N2S. The highest BCUT2D eigenvalue weighted by molar-refractivity contribution is 7.80. The monoisotopic (exact) mass is 190 g/mol. The molecule has 0 saturated carbocycles. The van der Waals surface area contributed by atoms with Gasteiger partial charge in [-0.2, -0.15) is 0 Å². The van der Waals surface area contributed by atoms with Gasteiger partial charge in [-0.25, -0.2) is 4.98 Å². The smallest absolute Gasteiger partial charge is 0.112 e. The van der Waals surface area contributed by atoms with Gasteiger partial charge in [-0.1, -0.05) is 24.4 Å². The second-order valence-electron chi connectivity index (χ2n) is 3.08. The average Bonchev–Trinajstić information content (AvgIpc) is 2.44. The molecule has 0 unspecified atom stereocenters. The van der Waals surface area contributed by atoms with Gasteiger partial charge in [-0.05, 0) is 23.9 Å². The fourth-order valence-electron chi connectivity index (χ4n) is 1.33. The third-order valence-electron chi connectivity index (χ3n) is 1.85. The number of benzene rings is 1. The van der Waals surface area contributed by atoms with E-state index in [-0.39, 0.29) is 0 Å². The quantitative estimate of drug-likeness (QED) is 0.737. The minimum absolute atomic E-state index is 0.754. The maximum Gasteiger partial charge on any atom is 0.112 e. The van der Waals surface area contributed by atoms with E-state index in [0.717, 1.165) is 28.1 Å². The number of para-hydroxylation sites is 2. The number of H-pyrrole nitrogens is 1. The largest absolute Gasteiger partial charge is 0.342 e. The van der Waals surface area contributed by atoms with Crippen molar-refractivity contribution in [2.24, 2.45) is 0 Å². The molecule has 0 aliphatic rings. The lowest BCUT2D eigenvalue weighted by Crippen LogP contribution is -1.95.